The smallest absolute Gasteiger partial charge is 0.271 e. The third-order valence-electron chi connectivity index (χ3n) is 4.63. The number of fused-ring (bicyclic) bond motifs is 1. The molecule has 0 fully saturated rings. The number of benzene rings is 1. The number of H-pyrrole nitrogens is 1. The molecule has 4 aromatic rings. The Morgan fingerprint density at radius 1 is 1.32 bits per heavy atom. The summed E-state index contributed by atoms with van der Waals surface area (Å²) in [6, 6.07) is 13.7. The number of nitrogens with one attached hydrogen (secondary N) is 2. The Morgan fingerprint density at radius 3 is 2.96 bits per heavy atom. The molecule has 2 N–H and O–H groups in total. The molecule has 4 rings (SSSR count). The van der Waals surface area contributed by atoms with Crippen LogP contribution in [0.15, 0.2) is 47.8 Å². The van der Waals surface area contributed by atoms with E-state index in [1.807, 2.05) is 48.7 Å². The van der Waals surface area contributed by atoms with Crippen LogP contribution in [0, 0.1) is 6.92 Å². The minimum absolute atomic E-state index is 0.165. The van der Waals surface area contributed by atoms with Gasteiger partial charge in [0, 0.05) is 18.5 Å². The number of para-hydroxylation sites is 2. The van der Waals surface area contributed by atoms with Crippen molar-refractivity contribution >= 4 is 28.3 Å². The van der Waals surface area contributed by atoms with Gasteiger partial charge in [0.25, 0.3) is 5.91 Å². The number of thiophene rings is 1. The largest absolute Gasteiger partial charge is 0.374 e. The topological polar surface area (TPSA) is 84.8 Å². The van der Waals surface area contributed by atoms with Gasteiger partial charge in [-0.3, -0.25) is 9.89 Å². The van der Waals surface area contributed by atoms with E-state index in [1.165, 1.54) is 0 Å². The summed E-state index contributed by atoms with van der Waals surface area (Å²) < 4.78 is 7.57. The molecule has 144 valence electrons. The second-order valence-corrected chi connectivity index (χ2v) is 7.44. The molecule has 1 atom stereocenters. The van der Waals surface area contributed by atoms with E-state index < -0.39 is 0 Å². The van der Waals surface area contributed by atoms with Gasteiger partial charge in [-0.1, -0.05) is 18.2 Å². The Bertz CT molecular complexity index is 1080. The van der Waals surface area contributed by atoms with Crippen LogP contribution >= 0.6 is 11.3 Å². The van der Waals surface area contributed by atoms with Gasteiger partial charge in [0.05, 0.1) is 23.3 Å². The lowest BCUT2D eigenvalue weighted by Gasteiger charge is -2.13. The molecule has 8 heteroatoms. The Kier molecular flexibility index (Phi) is 5.23. The van der Waals surface area contributed by atoms with Gasteiger partial charge < -0.3 is 14.6 Å². The standard InChI is InChI=1S/C20H21N5O2S/c1-13-22-15-6-3-4-7-17(15)25(13)12-14-10-16(24-23-14)20(26)21-11-18(27-2)19-8-5-9-28-19/h3-10,18H,11-12H2,1-2H3,(H,21,26)(H,23,24). The summed E-state index contributed by atoms with van der Waals surface area (Å²) in [6.45, 7) is 2.94. The Labute approximate surface area is 166 Å². The first-order chi connectivity index (χ1) is 13.7. The molecule has 0 spiro atoms. The Morgan fingerprint density at radius 2 is 2.18 bits per heavy atom. The van der Waals surface area contributed by atoms with Crippen molar-refractivity contribution in [1.29, 1.82) is 0 Å². The summed E-state index contributed by atoms with van der Waals surface area (Å²) in [5, 5.41) is 12.0. The molecule has 0 radical (unpaired) electrons. The lowest BCUT2D eigenvalue weighted by molar-refractivity contribution is 0.0834. The zero-order valence-corrected chi connectivity index (χ0v) is 16.5. The summed E-state index contributed by atoms with van der Waals surface area (Å²) in [7, 11) is 1.64. The normalized spacial score (nSPS) is 12.4. The minimum atomic E-state index is -0.228. The van der Waals surface area contributed by atoms with E-state index in [-0.39, 0.29) is 12.0 Å². The van der Waals surface area contributed by atoms with Crippen LogP contribution in [0.2, 0.25) is 0 Å². The number of imidazole rings is 1. The average Bonchev–Trinajstić information content (AvgIpc) is 3.44. The molecule has 1 amide bonds. The number of hydrogen-bond donors (Lipinski definition) is 2. The van der Waals surface area contributed by atoms with E-state index in [0.29, 0.717) is 18.8 Å². The number of carbonyl (C=O) groups is 1. The summed E-state index contributed by atoms with van der Waals surface area (Å²) in [6.07, 6.45) is -0.165. The Balaban J connectivity index is 1.43. The highest BCUT2D eigenvalue weighted by Crippen LogP contribution is 2.21. The maximum absolute atomic E-state index is 12.5. The number of aryl methyl sites for hydroxylation is 1. The van der Waals surface area contributed by atoms with Gasteiger partial charge >= 0.3 is 0 Å². The summed E-state index contributed by atoms with van der Waals surface area (Å²) in [4.78, 5) is 18.1. The summed E-state index contributed by atoms with van der Waals surface area (Å²) in [5.74, 6) is 0.689. The van der Waals surface area contributed by atoms with E-state index in [9.17, 15) is 4.79 Å². The van der Waals surface area contributed by atoms with Crippen molar-refractivity contribution < 1.29 is 9.53 Å². The first-order valence-corrected chi connectivity index (χ1v) is 9.84. The molecule has 0 aliphatic carbocycles. The predicted octanol–water partition coefficient (Wildman–Crippen LogP) is 3.30. The van der Waals surface area contributed by atoms with Crippen molar-refractivity contribution in [2.75, 3.05) is 13.7 Å². The highest BCUT2D eigenvalue weighted by Gasteiger charge is 2.16. The molecule has 0 saturated carbocycles. The molecule has 28 heavy (non-hydrogen) atoms. The first-order valence-electron chi connectivity index (χ1n) is 8.96. The summed E-state index contributed by atoms with van der Waals surface area (Å²) >= 11 is 1.60. The number of amides is 1. The highest BCUT2D eigenvalue weighted by molar-refractivity contribution is 7.10. The van der Waals surface area contributed by atoms with E-state index in [1.54, 1.807) is 24.5 Å². The average molecular weight is 395 g/mol. The van der Waals surface area contributed by atoms with Crippen LogP contribution < -0.4 is 5.32 Å². The van der Waals surface area contributed by atoms with E-state index in [0.717, 1.165) is 27.4 Å². The lowest BCUT2D eigenvalue weighted by atomic mass is 10.2. The fourth-order valence-electron chi connectivity index (χ4n) is 3.18. The van der Waals surface area contributed by atoms with E-state index >= 15 is 0 Å². The van der Waals surface area contributed by atoms with Crippen LogP contribution in [0.4, 0.5) is 0 Å². The van der Waals surface area contributed by atoms with Crippen molar-refractivity contribution in [2.24, 2.45) is 0 Å². The number of aromatic nitrogens is 4. The van der Waals surface area contributed by atoms with Crippen LogP contribution in [-0.2, 0) is 11.3 Å². The van der Waals surface area contributed by atoms with Crippen molar-refractivity contribution in [3.63, 3.8) is 0 Å². The fraction of sp³-hybridized carbons (Fsp3) is 0.250. The van der Waals surface area contributed by atoms with Crippen LogP contribution in [0.5, 0.6) is 0 Å². The molecule has 0 bridgehead atoms. The van der Waals surface area contributed by atoms with Crippen LogP contribution in [-0.4, -0.2) is 39.3 Å². The SMILES string of the molecule is COC(CNC(=O)c1cc(Cn2c(C)nc3ccccc32)[nH]n1)c1cccs1. The van der Waals surface area contributed by atoms with Gasteiger partial charge in [0.2, 0.25) is 0 Å². The van der Waals surface area contributed by atoms with E-state index in [4.69, 9.17) is 4.74 Å². The predicted molar refractivity (Wildman–Crippen MR) is 109 cm³/mol. The summed E-state index contributed by atoms with van der Waals surface area (Å²) in [5.41, 5.74) is 3.22. The lowest BCUT2D eigenvalue weighted by Crippen LogP contribution is -2.29. The van der Waals surface area contributed by atoms with Crippen molar-refractivity contribution in [1.82, 2.24) is 25.1 Å². The zero-order chi connectivity index (χ0) is 19.5. The van der Waals surface area contributed by atoms with E-state index in [2.05, 4.69) is 25.1 Å². The van der Waals surface area contributed by atoms with Crippen LogP contribution in [0.3, 0.4) is 0 Å². The molecule has 1 unspecified atom stereocenters. The Hall–Kier alpha value is -2.97. The number of ether oxygens (including phenoxy) is 1. The van der Waals surface area contributed by atoms with Crippen LogP contribution in [0.25, 0.3) is 11.0 Å². The number of hydrogen-bond acceptors (Lipinski definition) is 5. The molecule has 7 nitrogen and oxygen atoms in total. The molecule has 3 aromatic heterocycles. The number of rotatable bonds is 7. The second kappa shape index (κ2) is 7.95. The minimum Gasteiger partial charge on any atom is -0.374 e. The monoisotopic (exact) mass is 395 g/mol. The number of aromatic amines is 1. The van der Waals surface area contributed by atoms with Crippen LogP contribution in [0.1, 0.15) is 33.0 Å². The van der Waals surface area contributed by atoms with Crippen molar-refractivity contribution in [3.05, 3.63) is 69.9 Å². The molecule has 0 aliphatic rings. The zero-order valence-electron chi connectivity index (χ0n) is 15.7. The number of carbonyl (C=O) groups excluding carboxylic acids is 1. The number of methoxy groups -OCH3 is 1. The maximum atomic E-state index is 12.5. The maximum Gasteiger partial charge on any atom is 0.271 e. The number of nitrogens with zero attached hydrogens (tertiary/aromatic N) is 3. The molecular formula is C20H21N5O2S. The van der Waals surface area contributed by atoms with Crippen molar-refractivity contribution in [3.8, 4) is 0 Å². The van der Waals surface area contributed by atoms with Gasteiger partial charge in [-0.2, -0.15) is 5.10 Å². The van der Waals surface area contributed by atoms with Gasteiger partial charge in [-0.15, -0.1) is 11.3 Å². The first kappa shape index (κ1) is 18.4. The molecule has 0 saturated heterocycles. The van der Waals surface area contributed by atoms with Gasteiger partial charge in [0.1, 0.15) is 17.6 Å². The molecule has 1 aromatic carbocycles. The third-order valence-corrected chi connectivity index (χ3v) is 5.59. The fourth-order valence-corrected chi connectivity index (χ4v) is 3.98. The molecule has 0 aliphatic heterocycles. The molecule has 3 heterocycles. The molecular weight excluding hydrogens is 374 g/mol. The quantitative estimate of drug-likeness (QED) is 0.503. The highest BCUT2D eigenvalue weighted by atomic mass is 32.1. The third kappa shape index (κ3) is 3.69. The second-order valence-electron chi connectivity index (χ2n) is 6.46. The van der Waals surface area contributed by atoms with Gasteiger partial charge in [-0.05, 0) is 36.6 Å². The van der Waals surface area contributed by atoms with Crippen molar-refractivity contribution in [2.45, 2.75) is 19.6 Å². The van der Waals surface area contributed by atoms with Gasteiger partial charge in [-0.25, -0.2) is 4.98 Å². The van der Waals surface area contributed by atoms with Gasteiger partial charge in [0.15, 0.2) is 0 Å².